The van der Waals surface area contributed by atoms with E-state index in [1.165, 1.54) is 0 Å². The van der Waals surface area contributed by atoms with Crippen LogP contribution in [-0.4, -0.2) is 72.2 Å². The average molecular weight is 342 g/mol. The number of carbonyl (C=O) groups is 2. The van der Waals surface area contributed by atoms with Crippen molar-refractivity contribution in [1.82, 2.24) is 15.1 Å². The Kier molecular flexibility index (Phi) is 7.48. The van der Waals surface area contributed by atoms with E-state index in [0.717, 1.165) is 0 Å². The van der Waals surface area contributed by atoms with Gasteiger partial charge in [-0.3, -0.25) is 9.69 Å². The van der Waals surface area contributed by atoms with Gasteiger partial charge >= 0.3 is 6.09 Å². The van der Waals surface area contributed by atoms with Crippen molar-refractivity contribution in [3.63, 3.8) is 0 Å². The van der Waals surface area contributed by atoms with Crippen LogP contribution >= 0.6 is 0 Å². The van der Waals surface area contributed by atoms with Crippen molar-refractivity contribution in [3.8, 4) is 0 Å². The minimum absolute atomic E-state index is 0.000341. The highest BCUT2D eigenvalue weighted by Crippen LogP contribution is 2.14. The van der Waals surface area contributed by atoms with Crippen LogP contribution < -0.4 is 11.1 Å². The quantitative estimate of drug-likeness (QED) is 0.779. The largest absolute Gasteiger partial charge is 0.444 e. The van der Waals surface area contributed by atoms with Crippen molar-refractivity contribution >= 4 is 12.0 Å². The van der Waals surface area contributed by atoms with Gasteiger partial charge in [0.05, 0.1) is 6.54 Å². The second-order valence-electron chi connectivity index (χ2n) is 7.89. The minimum Gasteiger partial charge on any atom is -0.444 e. The molecule has 140 valence electrons. The van der Waals surface area contributed by atoms with Crippen molar-refractivity contribution in [2.24, 2.45) is 11.7 Å². The van der Waals surface area contributed by atoms with Crippen molar-refractivity contribution in [2.75, 3.05) is 32.7 Å². The summed E-state index contributed by atoms with van der Waals surface area (Å²) in [5.41, 5.74) is 5.34. The third-order valence-electron chi connectivity index (χ3n) is 4.26. The summed E-state index contributed by atoms with van der Waals surface area (Å²) >= 11 is 0. The summed E-state index contributed by atoms with van der Waals surface area (Å²) in [4.78, 5) is 28.1. The van der Waals surface area contributed by atoms with Crippen LogP contribution in [0.1, 0.15) is 41.5 Å². The van der Waals surface area contributed by atoms with Crippen LogP contribution in [0, 0.1) is 5.92 Å². The van der Waals surface area contributed by atoms with Crippen LogP contribution in [0.25, 0.3) is 0 Å². The zero-order valence-corrected chi connectivity index (χ0v) is 16.0. The molecule has 0 spiro atoms. The smallest absolute Gasteiger partial charge is 0.410 e. The van der Waals surface area contributed by atoms with Crippen LogP contribution in [0.15, 0.2) is 0 Å². The summed E-state index contributed by atoms with van der Waals surface area (Å²) in [7, 11) is 0. The van der Waals surface area contributed by atoms with Gasteiger partial charge in [-0.15, -0.1) is 0 Å². The fourth-order valence-corrected chi connectivity index (χ4v) is 2.47. The molecule has 0 saturated carbocycles. The molecule has 3 N–H and O–H groups in total. The number of nitrogens with one attached hydrogen (secondary N) is 1. The van der Waals surface area contributed by atoms with E-state index in [-0.39, 0.29) is 24.1 Å². The Morgan fingerprint density at radius 2 is 1.88 bits per heavy atom. The van der Waals surface area contributed by atoms with Gasteiger partial charge in [-0.2, -0.15) is 0 Å². The topological polar surface area (TPSA) is 87.9 Å². The molecule has 0 radical (unpaired) electrons. The molecular formula is C17H34N4O3. The normalized spacial score (nSPS) is 20.8. The van der Waals surface area contributed by atoms with Crippen LogP contribution in [0.5, 0.6) is 0 Å². The zero-order valence-electron chi connectivity index (χ0n) is 16.0. The standard InChI is InChI=1S/C17H34N4O3/c1-12(2)13(3)19-15(22)11-20-7-8-21(10-14(20)9-18)16(23)24-17(4,5)6/h12-14H,7-11,18H2,1-6H3,(H,19,22). The minimum atomic E-state index is -0.515. The molecule has 2 unspecified atom stereocenters. The number of hydrogen-bond acceptors (Lipinski definition) is 5. The van der Waals surface area contributed by atoms with Crippen molar-refractivity contribution in [1.29, 1.82) is 0 Å². The predicted octanol–water partition coefficient (Wildman–Crippen LogP) is 1.03. The Balaban J connectivity index is 2.56. The molecule has 7 heteroatoms. The molecule has 0 aromatic rings. The predicted molar refractivity (Wildman–Crippen MR) is 94.7 cm³/mol. The van der Waals surface area contributed by atoms with Crippen molar-refractivity contribution in [3.05, 3.63) is 0 Å². The SMILES string of the molecule is CC(C)C(C)NC(=O)CN1CCN(C(=O)OC(C)(C)C)CC1CN. The molecule has 1 heterocycles. The number of rotatable bonds is 5. The Morgan fingerprint density at radius 1 is 1.25 bits per heavy atom. The highest BCUT2D eigenvalue weighted by molar-refractivity contribution is 5.78. The maximum atomic E-state index is 12.2. The Labute approximate surface area is 145 Å². The number of carbonyl (C=O) groups excluding carboxylic acids is 2. The lowest BCUT2D eigenvalue weighted by molar-refractivity contribution is -0.124. The number of ether oxygens (including phenoxy) is 1. The first-order valence-corrected chi connectivity index (χ1v) is 8.75. The van der Waals surface area contributed by atoms with E-state index in [9.17, 15) is 9.59 Å². The lowest BCUT2D eigenvalue weighted by Crippen LogP contribution is -2.59. The number of hydrogen-bond donors (Lipinski definition) is 2. The van der Waals surface area contributed by atoms with E-state index in [1.807, 2.05) is 32.6 Å². The van der Waals surface area contributed by atoms with E-state index in [1.54, 1.807) is 4.90 Å². The monoisotopic (exact) mass is 342 g/mol. The first-order chi connectivity index (χ1) is 11.0. The molecule has 0 aromatic heterocycles. The maximum Gasteiger partial charge on any atom is 0.410 e. The maximum absolute atomic E-state index is 12.2. The highest BCUT2D eigenvalue weighted by Gasteiger charge is 2.32. The van der Waals surface area contributed by atoms with E-state index >= 15 is 0 Å². The van der Waals surface area contributed by atoms with Gasteiger partial charge in [-0.25, -0.2) is 4.79 Å². The molecule has 0 aromatic carbocycles. The molecule has 1 rings (SSSR count). The van der Waals surface area contributed by atoms with Crippen LogP contribution in [0.4, 0.5) is 4.79 Å². The van der Waals surface area contributed by atoms with Gasteiger partial charge in [0.15, 0.2) is 0 Å². The van der Waals surface area contributed by atoms with E-state index < -0.39 is 5.60 Å². The van der Waals surface area contributed by atoms with Crippen LogP contribution in [0.2, 0.25) is 0 Å². The summed E-state index contributed by atoms with van der Waals surface area (Å²) in [5.74, 6) is 0.392. The molecule has 1 aliphatic heterocycles. The first kappa shape index (κ1) is 20.7. The summed E-state index contributed by atoms with van der Waals surface area (Å²) < 4.78 is 5.41. The zero-order chi connectivity index (χ0) is 18.5. The fraction of sp³-hybridized carbons (Fsp3) is 0.882. The summed E-state index contributed by atoms with van der Waals surface area (Å²) in [6, 6.07) is 0.100. The molecule has 2 amide bonds. The molecule has 1 saturated heterocycles. The fourth-order valence-electron chi connectivity index (χ4n) is 2.47. The summed E-state index contributed by atoms with van der Waals surface area (Å²) in [5, 5.41) is 3.01. The Morgan fingerprint density at radius 3 is 2.38 bits per heavy atom. The number of nitrogens with two attached hydrogens (primary N) is 1. The van der Waals surface area contributed by atoms with E-state index in [0.29, 0.717) is 38.6 Å². The second kappa shape index (κ2) is 8.67. The van der Waals surface area contributed by atoms with Gasteiger partial charge < -0.3 is 20.7 Å². The Bertz CT molecular complexity index is 434. The van der Waals surface area contributed by atoms with Crippen molar-refractivity contribution < 1.29 is 14.3 Å². The average Bonchev–Trinajstić information content (AvgIpc) is 2.45. The molecule has 1 fully saturated rings. The summed E-state index contributed by atoms with van der Waals surface area (Å²) in [6.07, 6.45) is -0.321. The molecular weight excluding hydrogens is 308 g/mol. The number of piperazine rings is 1. The van der Waals surface area contributed by atoms with Crippen LogP contribution in [0.3, 0.4) is 0 Å². The van der Waals surface area contributed by atoms with Gasteiger partial charge in [0.25, 0.3) is 0 Å². The Hall–Kier alpha value is -1.34. The van der Waals surface area contributed by atoms with E-state index in [4.69, 9.17) is 10.5 Å². The third kappa shape index (κ3) is 6.65. The molecule has 7 nitrogen and oxygen atoms in total. The molecule has 0 aliphatic carbocycles. The van der Waals surface area contributed by atoms with Gasteiger partial charge in [0.1, 0.15) is 5.60 Å². The van der Waals surface area contributed by atoms with Gasteiger partial charge in [0, 0.05) is 38.3 Å². The van der Waals surface area contributed by atoms with Crippen molar-refractivity contribution in [2.45, 2.75) is 59.2 Å². The second-order valence-corrected chi connectivity index (χ2v) is 7.89. The lowest BCUT2D eigenvalue weighted by atomic mass is 10.1. The number of amides is 2. The molecule has 1 aliphatic rings. The first-order valence-electron chi connectivity index (χ1n) is 8.75. The van der Waals surface area contributed by atoms with Gasteiger partial charge in [-0.05, 0) is 33.6 Å². The van der Waals surface area contributed by atoms with Gasteiger partial charge in [0.2, 0.25) is 5.91 Å². The number of nitrogens with zero attached hydrogens (tertiary/aromatic N) is 2. The highest BCUT2D eigenvalue weighted by atomic mass is 16.6. The molecule has 2 atom stereocenters. The van der Waals surface area contributed by atoms with Gasteiger partial charge in [-0.1, -0.05) is 13.8 Å². The molecule has 0 bridgehead atoms. The van der Waals surface area contributed by atoms with Crippen LogP contribution in [-0.2, 0) is 9.53 Å². The third-order valence-corrected chi connectivity index (χ3v) is 4.26. The summed E-state index contributed by atoms with van der Waals surface area (Å²) in [6.45, 7) is 14.0. The molecule has 24 heavy (non-hydrogen) atoms. The van der Waals surface area contributed by atoms with E-state index in [2.05, 4.69) is 19.2 Å². The lowest BCUT2D eigenvalue weighted by Gasteiger charge is -2.41.